The van der Waals surface area contributed by atoms with Crippen LogP contribution in [0.3, 0.4) is 0 Å². The molecule has 1 N–H and O–H groups in total. The van der Waals surface area contributed by atoms with Crippen molar-refractivity contribution < 1.29 is 4.79 Å². The topological polar surface area (TPSA) is 59.8 Å². The summed E-state index contributed by atoms with van der Waals surface area (Å²) in [6.45, 7) is 5.04. The van der Waals surface area contributed by atoms with Crippen molar-refractivity contribution >= 4 is 5.91 Å². The van der Waals surface area contributed by atoms with Gasteiger partial charge in [0.1, 0.15) is 0 Å². The van der Waals surface area contributed by atoms with E-state index in [9.17, 15) is 4.79 Å². The summed E-state index contributed by atoms with van der Waals surface area (Å²) < 4.78 is 1.82. The van der Waals surface area contributed by atoms with Gasteiger partial charge in [0.2, 0.25) is 5.91 Å². The van der Waals surface area contributed by atoms with Crippen LogP contribution in [-0.4, -0.2) is 26.9 Å². The number of hydrogen-bond acceptors (Lipinski definition) is 3. The normalized spacial score (nSPS) is 36.4. The highest BCUT2D eigenvalue weighted by Gasteiger charge is 2.54. The monoisotopic (exact) mass is 316 g/mol. The minimum Gasteiger partial charge on any atom is -0.351 e. The van der Waals surface area contributed by atoms with Gasteiger partial charge in [-0.1, -0.05) is 19.1 Å². The second-order valence-corrected chi connectivity index (χ2v) is 8.65. The van der Waals surface area contributed by atoms with Crippen molar-refractivity contribution in [3.05, 3.63) is 12.4 Å². The fraction of sp³-hybridized carbons (Fsp3) is 0.833. The molecule has 1 heterocycles. The minimum atomic E-state index is -0.0652. The first-order valence-electron chi connectivity index (χ1n) is 9.19. The Morgan fingerprint density at radius 2 is 1.83 bits per heavy atom. The van der Waals surface area contributed by atoms with Crippen molar-refractivity contribution in [2.45, 2.75) is 65.0 Å². The van der Waals surface area contributed by atoms with Crippen LogP contribution in [0.15, 0.2) is 12.4 Å². The third-order valence-electron chi connectivity index (χ3n) is 6.50. The molecular formula is C18H28N4O. The molecular weight excluding hydrogens is 288 g/mol. The molecule has 4 aliphatic rings. The number of rotatable bonds is 5. The van der Waals surface area contributed by atoms with Gasteiger partial charge in [-0.3, -0.25) is 9.48 Å². The molecule has 1 amide bonds. The van der Waals surface area contributed by atoms with Crippen LogP contribution in [0.5, 0.6) is 0 Å². The summed E-state index contributed by atoms with van der Waals surface area (Å²) in [4.78, 5) is 13.2. The van der Waals surface area contributed by atoms with E-state index in [2.05, 4.69) is 29.5 Å². The van der Waals surface area contributed by atoms with Crippen LogP contribution in [0.1, 0.15) is 52.4 Å². The van der Waals surface area contributed by atoms with E-state index in [4.69, 9.17) is 0 Å². The van der Waals surface area contributed by atoms with Gasteiger partial charge in [-0.05, 0) is 62.2 Å². The van der Waals surface area contributed by atoms with Gasteiger partial charge in [0.25, 0.3) is 0 Å². The Kier molecular flexibility index (Phi) is 3.69. The Hall–Kier alpha value is -1.39. The molecule has 4 bridgehead atoms. The van der Waals surface area contributed by atoms with Crippen LogP contribution in [0.25, 0.3) is 0 Å². The van der Waals surface area contributed by atoms with Crippen LogP contribution in [0.2, 0.25) is 0 Å². The van der Waals surface area contributed by atoms with E-state index >= 15 is 0 Å². The number of nitrogens with one attached hydrogen (secondary N) is 1. The fourth-order valence-electron chi connectivity index (χ4n) is 5.66. The molecule has 4 aliphatic carbocycles. The third kappa shape index (κ3) is 2.79. The van der Waals surface area contributed by atoms with E-state index in [1.807, 2.05) is 10.9 Å². The number of carbonyl (C=O) groups excluding carboxylic acids is 1. The average Bonchev–Trinajstić information content (AvgIpc) is 2.98. The quantitative estimate of drug-likeness (QED) is 0.908. The van der Waals surface area contributed by atoms with Gasteiger partial charge in [0.05, 0.1) is 18.8 Å². The molecule has 0 spiro atoms. The molecule has 126 valence electrons. The molecule has 1 atom stereocenters. The molecule has 5 heteroatoms. The molecule has 4 fully saturated rings. The maximum atomic E-state index is 13.2. The zero-order valence-electron chi connectivity index (χ0n) is 14.2. The van der Waals surface area contributed by atoms with Crippen molar-refractivity contribution in [2.75, 3.05) is 0 Å². The third-order valence-corrected chi connectivity index (χ3v) is 6.50. The Morgan fingerprint density at radius 3 is 2.30 bits per heavy atom. The standard InChI is InChI=1S/C18H28N4O/c1-12(2)16(11-22-4-3-19-21-22)20-17(23)18-8-13-5-14(9-18)7-15(6-13)10-18/h3-4,12-16H,5-11H2,1-2H3,(H,20,23)/t13?,14?,15?,16-,18?/m0/s1. The molecule has 1 aromatic heterocycles. The first-order valence-corrected chi connectivity index (χ1v) is 9.19. The first kappa shape index (κ1) is 15.2. The predicted molar refractivity (Wildman–Crippen MR) is 87.4 cm³/mol. The van der Waals surface area contributed by atoms with Crippen LogP contribution in [-0.2, 0) is 11.3 Å². The first-order chi connectivity index (χ1) is 11.0. The highest BCUT2D eigenvalue weighted by molar-refractivity contribution is 5.83. The lowest BCUT2D eigenvalue weighted by Gasteiger charge is -2.56. The summed E-state index contributed by atoms with van der Waals surface area (Å²) in [7, 11) is 0. The maximum Gasteiger partial charge on any atom is 0.226 e. The van der Waals surface area contributed by atoms with E-state index in [-0.39, 0.29) is 11.5 Å². The maximum absolute atomic E-state index is 13.2. The number of carbonyl (C=O) groups is 1. The van der Waals surface area contributed by atoms with Gasteiger partial charge < -0.3 is 5.32 Å². The van der Waals surface area contributed by atoms with Gasteiger partial charge in [-0.15, -0.1) is 5.10 Å². The van der Waals surface area contributed by atoms with Crippen LogP contribution in [0, 0.1) is 29.1 Å². The number of aromatic nitrogens is 3. The highest BCUT2D eigenvalue weighted by atomic mass is 16.2. The minimum absolute atomic E-state index is 0.0652. The van der Waals surface area contributed by atoms with Crippen LogP contribution >= 0.6 is 0 Å². The molecule has 0 saturated heterocycles. The van der Waals surface area contributed by atoms with E-state index in [0.29, 0.717) is 18.4 Å². The lowest BCUT2D eigenvalue weighted by atomic mass is 9.49. The number of hydrogen-bond donors (Lipinski definition) is 1. The SMILES string of the molecule is CC(C)[C@H](Cn1ccnn1)NC(=O)C12CC3CC(CC(C3)C1)C2. The summed E-state index contributed by atoms with van der Waals surface area (Å²) in [5.41, 5.74) is -0.0652. The summed E-state index contributed by atoms with van der Waals surface area (Å²) in [6, 6.07) is 0.122. The molecule has 4 saturated carbocycles. The Bertz CT molecular complexity index is 530. The lowest BCUT2D eigenvalue weighted by Crippen LogP contribution is -2.56. The van der Waals surface area contributed by atoms with Gasteiger partial charge in [-0.2, -0.15) is 0 Å². The van der Waals surface area contributed by atoms with E-state index in [1.54, 1.807) is 6.20 Å². The van der Waals surface area contributed by atoms with Crippen molar-refractivity contribution in [3.8, 4) is 0 Å². The van der Waals surface area contributed by atoms with Crippen molar-refractivity contribution in [3.63, 3.8) is 0 Å². The Labute approximate surface area is 138 Å². The molecule has 0 radical (unpaired) electrons. The second-order valence-electron chi connectivity index (χ2n) is 8.65. The molecule has 5 rings (SSSR count). The van der Waals surface area contributed by atoms with Crippen LogP contribution in [0.4, 0.5) is 0 Å². The summed E-state index contributed by atoms with van der Waals surface area (Å²) >= 11 is 0. The van der Waals surface area contributed by atoms with Crippen molar-refractivity contribution in [2.24, 2.45) is 29.1 Å². The van der Waals surface area contributed by atoms with Gasteiger partial charge in [0.15, 0.2) is 0 Å². The highest BCUT2D eigenvalue weighted by Crippen LogP contribution is 2.60. The average molecular weight is 316 g/mol. The number of amides is 1. The van der Waals surface area contributed by atoms with Crippen LogP contribution < -0.4 is 5.32 Å². The molecule has 23 heavy (non-hydrogen) atoms. The Balaban J connectivity index is 1.47. The lowest BCUT2D eigenvalue weighted by molar-refractivity contribution is -0.147. The molecule has 0 aliphatic heterocycles. The fourth-order valence-corrected chi connectivity index (χ4v) is 5.66. The molecule has 0 unspecified atom stereocenters. The van der Waals surface area contributed by atoms with E-state index in [1.165, 1.54) is 19.3 Å². The molecule has 5 nitrogen and oxygen atoms in total. The largest absolute Gasteiger partial charge is 0.351 e. The second kappa shape index (κ2) is 5.60. The summed E-state index contributed by atoms with van der Waals surface area (Å²) in [6.07, 6.45) is 11.1. The van der Waals surface area contributed by atoms with Gasteiger partial charge in [-0.25, -0.2) is 0 Å². The zero-order chi connectivity index (χ0) is 16.0. The van der Waals surface area contributed by atoms with Crippen molar-refractivity contribution in [1.82, 2.24) is 20.3 Å². The van der Waals surface area contributed by atoms with Gasteiger partial charge in [0, 0.05) is 11.6 Å². The Morgan fingerprint density at radius 1 is 1.22 bits per heavy atom. The summed E-state index contributed by atoms with van der Waals surface area (Å²) in [5.74, 6) is 3.12. The molecule has 1 aromatic rings. The predicted octanol–water partition coefficient (Wildman–Crippen LogP) is 2.64. The zero-order valence-corrected chi connectivity index (χ0v) is 14.2. The van der Waals surface area contributed by atoms with E-state index < -0.39 is 0 Å². The summed E-state index contributed by atoms with van der Waals surface area (Å²) in [5, 5.41) is 11.3. The molecule has 0 aromatic carbocycles. The number of nitrogens with zero attached hydrogens (tertiary/aromatic N) is 3. The van der Waals surface area contributed by atoms with Crippen molar-refractivity contribution in [1.29, 1.82) is 0 Å². The smallest absolute Gasteiger partial charge is 0.226 e. The van der Waals surface area contributed by atoms with Gasteiger partial charge >= 0.3 is 0 Å². The van der Waals surface area contributed by atoms with E-state index in [0.717, 1.165) is 37.0 Å².